The zero-order chi connectivity index (χ0) is 9.19. The predicted octanol–water partition coefficient (Wildman–Crippen LogP) is 2.18. The molecule has 2 nitrogen and oxygen atoms in total. The lowest BCUT2D eigenvalue weighted by Crippen LogP contribution is -2.19. The van der Waals surface area contributed by atoms with Crippen molar-refractivity contribution < 1.29 is 13.2 Å². The van der Waals surface area contributed by atoms with Gasteiger partial charge in [0, 0.05) is 6.20 Å². The Balaban J connectivity index is 2.75. The van der Waals surface area contributed by atoms with Crippen molar-refractivity contribution in [3.8, 4) is 0 Å². The molecule has 0 saturated heterocycles. The van der Waals surface area contributed by atoms with Gasteiger partial charge < -0.3 is 0 Å². The first-order valence-electron chi connectivity index (χ1n) is 3.16. The lowest BCUT2D eigenvalue weighted by molar-refractivity contribution is -0.142. The smallest absolute Gasteiger partial charge is 0.259 e. The lowest BCUT2D eigenvalue weighted by atomic mass is 10.5. The molecule has 0 unspecified atom stereocenters. The topological polar surface area (TPSA) is 17.8 Å². The molecule has 1 heterocycles. The predicted molar refractivity (Wildman–Crippen MR) is 37.8 cm³/mol. The van der Waals surface area contributed by atoms with Crippen LogP contribution >= 0.6 is 11.6 Å². The molecule has 0 aliphatic heterocycles. The standard InChI is InChI=1S/C6H6ClF3N2/c7-3-5-1-2-11-12(5)4-6(8,9)10/h1-2H,3-4H2. The van der Waals surface area contributed by atoms with Crippen LogP contribution in [0.1, 0.15) is 5.69 Å². The minimum atomic E-state index is -4.24. The molecule has 0 spiro atoms. The summed E-state index contributed by atoms with van der Waals surface area (Å²) in [5.41, 5.74) is 0.369. The van der Waals surface area contributed by atoms with E-state index in [1.807, 2.05) is 0 Å². The molecule has 0 amide bonds. The van der Waals surface area contributed by atoms with Crippen molar-refractivity contribution in [3.05, 3.63) is 18.0 Å². The van der Waals surface area contributed by atoms with Crippen LogP contribution < -0.4 is 0 Å². The van der Waals surface area contributed by atoms with Gasteiger partial charge in [-0.3, -0.25) is 4.68 Å². The molecular formula is C6H6ClF3N2. The average molecular weight is 199 g/mol. The first kappa shape index (κ1) is 9.38. The van der Waals surface area contributed by atoms with Crippen molar-refractivity contribution in [1.29, 1.82) is 0 Å². The molecule has 1 aromatic heterocycles. The second-order valence-corrected chi connectivity index (χ2v) is 2.50. The third-order valence-corrected chi connectivity index (χ3v) is 1.54. The Bertz CT molecular complexity index is 256. The molecule has 0 radical (unpaired) electrons. The number of halogens is 4. The highest BCUT2D eigenvalue weighted by Gasteiger charge is 2.29. The number of hydrogen-bond acceptors (Lipinski definition) is 1. The van der Waals surface area contributed by atoms with Crippen LogP contribution in [0.2, 0.25) is 0 Å². The third-order valence-electron chi connectivity index (χ3n) is 1.27. The summed E-state index contributed by atoms with van der Waals surface area (Å²) in [6.45, 7) is -1.08. The fourth-order valence-electron chi connectivity index (χ4n) is 0.786. The number of rotatable bonds is 2. The van der Waals surface area contributed by atoms with Gasteiger partial charge in [0.15, 0.2) is 0 Å². The first-order valence-corrected chi connectivity index (χ1v) is 3.70. The van der Waals surface area contributed by atoms with Gasteiger partial charge in [-0.2, -0.15) is 18.3 Å². The number of nitrogens with zero attached hydrogens (tertiary/aromatic N) is 2. The summed E-state index contributed by atoms with van der Waals surface area (Å²) in [5.74, 6) is 0.0378. The van der Waals surface area contributed by atoms with E-state index in [1.165, 1.54) is 12.3 Å². The van der Waals surface area contributed by atoms with Crippen LogP contribution in [-0.2, 0) is 12.4 Å². The molecule has 0 saturated carbocycles. The lowest BCUT2D eigenvalue weighted by Gasteiger charge is -2.08. The van der Waals surface area contributed by atoms with E-state index in [-0.39, 0.29) is 5.88 Å². The first-order chi connectivity index (χ1) is 5.53. The van der Waals surface area contributed by atoms with Crippen molar-refractivity contribution in [2.75, 3.05) is 0 Å². The van der Waals surface area contributed by atoms with Gasteiger partial charge in [-0.25, -0.2) is 0 Å². The van der Waals surface area contributed by atoms with Gasteiger partial charge in [-0.1, -0.05) is 0 Å². The summed E-state index contributed by atoms with van der Waals surface area (Å²) in [4.78, 5) is 0. The summed E-state index contributed by atoms with van der Waals surface area (Å²) in [6.07, 6.45) is -2.95. The zero-order valence-corrected chi connectivity index (χ0v) is 6.73. The van der Waals surface area contributed by atoms with Crippen LogP contribution in [0.4, 0.5) is 13.2 Å². The summed E-state index contributed by atoms with van der Waals surface area (Å²) in [6, 6.07) is 1.46. The highest BCUT2D eigenvalue weighted by Crippen LogP contribution is 2.18. The Morgan fingerprint density at radius 2 is 2.17 bits per heavy atom. The summed E-state index contributed by atoms with van der Waals surface area (Å²) in [5, 5.41) is 3.48. The number of aromatic nitrogens is 2. The molecule has 0 aromatic carbocycles. The van der Waals surface area contributed by atoms with Crippen LogP contribution in [0, 0.1) is 0 Å². The van der Waals surface area contributed by atoms with Gasteiger partial charge in [0.1, 0.15) is 6.54 Å². The van der Waals surface area contributed by atoms with Gasteiger partial charge in [0.25, 0.3) is 0 Å². The Hall–Kier alpha value is -0.710. The Labute approximate surface area is 71.9 Å². The highest BCUT2D eigenvalue weighted by molar-refractivity contribution is 6.16. The van der Waals surface area contributed by atoms with Crippen molar-refractivity contribution in [1.82, 2.24) is 9.78 Å². The molecule has 68 valence electrons. The van der Waals surface area contributed by atoms with Crippen LogP contribution in [0.3, 0.4) is 0 Å². The van der Waals surface area contributed by atoms with Crippen molar-refractivity contribution in [2.24, 2.45) is 0 Å². The fourth-order valence-corrected chi connectivity index (χ4v) is 1.01. The van der Waals surface area contributed by atoms with E-state index in [0.29, 0.717) is 5.69 Å². The van der Waals surface area contributed by atoms with Crippen molar-refractivity contribution in [3.63, 3.8) is 0 Å². The quantitative estimate of drug-likeness (QED) is 0.666. The van der Waals surface area contributed by atoms with Gasteiger partial charge in [-0.05, 0) is 6.07 Å². The monoisotopic (exact) mass is 198 g/mol. The second-order valence-electron chi connectivity index (χ2n) is 2.23. The van der Waals surface area contributed by atoms with Gasteiger partial charge in [0.05, 0.1) is 11.6 Å². The van der Waals surface area contributed by atoms with E-state index in [1.54, 1.807) is 0 Å². The van der Waals surface area contributed by atoms with E-state index in [9.17, 15) is 13.2 Å². The fraction of sp³-hybridized carbons (Fsp3) is 0.500. The average Bonchev–Trinajstić information content (AvgIpc) is 2.31. The molecule has 12 heavy (non-hydrogen) atoms. The van der Waals surface area contributed by atoms with Crippen molar-refractivity contribution >= 4 is 11.6 Å². The summed E-state index contributed by atoms with van der Waals surface area (Å²) < 4.78 is 36.3. The Morgan fingerprint density at radius 3 is 2.67 bits per heavy atom. The molecule has 1 aromatic rings. The molecule has 0 aliphatic rings. The van der Waals surface area contributed by atoms with Crippen LogP contribution in [0.25, 0.3) is 0 Å². The minimum absolute atomic E-state index is 0.0378. The summed E-state index contributed by atoms with van der Waals surface area (Å²) >= 11 is 5.37. The zero-order valence-electron chi connectivity index (χ0n) is 5.98. The number of alkyl halides is 4. The molecule has 0 atom stereocenters. The number of hydrogen-bond donors (Lipinski definition) is 0. The SMILES string of the molecule is FC(F)(F)Cn1nccc1CCl. The molecule has 0 fully saturated rings. The molecule has 1 rings (SSSR count). The van der Waals surface area contributed by atoms with Crippen molar-refractivity contribution in [2.45, 2.75) is 18.6 Å². The molecular weight excluding hydrogens is 193 g/mol. The van der Waals surface area contributed by atoms with E-state index < -0.39 is 12.7 Å². The van der Waals surface area contributed by atoms with Gasteiger partial charge in [-0.15, -0.1) is 11.6 Å². The van der Waals surface area contributed by atoms with Crippen LogP contribution in [0.15, 0.2) is 12.3 Å². The highest BCUT2D eigenvalue weighted by atomic mass is 35.5. The Kier molecular flexibility index (Phi) is 2.62. The maximum absolute atomic E-state index is 11.8. The van der Waals surface area contributed by atoms with Crippen LogP contribution in [-0.4, -0.2) is 16.0 Å². The molecule has 0 bridgehead atoms. The normalized spacial score (nSPS) is 12.0. The van der Waals surface area contributed by atoms with Gasteiger partial charge >= 0.3 is 6.18 Å². The maximum Gasteiger partial charge on any atom is 0.408 e. The largest absolute Gasteiger partial charge is 0.408 e. The third kappa shape index (κ3) is 2.41. The van der Waals surface area contributed by atoms with E-state index in [2.05, 4.69) is 5.10 Å². The molecule has 6 heteroatoms. The van der Waals surface area contributed by atoms with E-state index in [4.69, 9.17) is 11.6 Å². The van der Waals surface area contributed by atoms with Gasteiger partial charge in [0.2, 0.25) is 0 Å². The van der Waals surface area contributed by atoms with E-state index >= 15 is 0 Å². The maximum atomic E-state index is 11.8. The summed E-state index contributed by atoms with van der Waals surface area (Å²) in [7, 11) is 0. The van der Waals surface area contributed by atoms with Crippen LogP contribution in [0.5, 0.6) is 0 Å². The molecule has 0 aliphatic carbocycles. The second kappa shape index (κ2) is 3.35. The minimum Gasteiger partial charge on any atom is -0.259 e. The van der Waals surface area contributed by atoms with E-state index in [0.717, 1.165) is 4.68 Å². The Morgan fingerprint density at radius 1 is 1.50 bits per heavy atom. The molecule has 0 N–H and O–H groups in total.